The number of aliphatic carboxylic acids is 1. The Bertz CT molecular complexity index is 1400. The van der Waals surface area contributed by atoms with Crippen molar-refractivity contribution in [3.63, 3.8) is 0 Å². The van der Waals surface area contributed by atoms with Gasteiger partial charge < -0.3 is 19.3 Å². The first-order valence-corrected chi connectivity index (χ1v) is 11.9. The van der Waals surface area contributed by atoms with Crippen molar-refractivity contribution in [2.24, 2.45) is 0 Å². The summed E-state index contributed by atoms with van der Waals surface area (Å²) in [5.74, 6) is -0.703. The average molecular weight is 486 g/mol. The molecule has 1 N–H and O–H groups in total. The van der Waals surface area contributed by atoms with Crippen LogP contribution >= 0.6 is 0 Å². The summed E-state index contributed by atoms with van der Waals surface area (Å²) in [5, 5.41) is 10.5. The number of hydrogen-bond donors (Lipinski definition) is 1. The summed E-state index contributed by atoms with van der Waals surface area (Å²) in [6, 6.07) is 12.7. The lowest BCUT2D eigenvalue weighted by molar-refractivity contribution is -0.138. The predicted molar refractivity (Wildman–Crippen MR) is 133 cm³/mol. The van der Waals surface area contributed by atoms with E-state index in [0.29, 0.717) is 30.2 Å². The molecule has 5 rings (SSSR count). The van der Waals surface area contributed by atoms with Crippen LogP contribution in [0.25, 0.3) is 11.0 Å². The number of carboxylic acid groups (broad SMARTS) is 1. The smallest absolute Gasteiger partial charge is 0.305 e. The standard InChI is InChI=1S/C27H27N5O4/c1-36-24-10-8-20(16-29-24)22(15-25(33)34)32-13-12-31-17-18(14-23(31)27(32)35)4-2-6-21-9-7-19-5-3-11-28-26(19)30-21/h3,5,7-11,14,16-17,22H,2,4,6,12-13,15H2,1H3,(H,33,34)/t22-/m0/s1. The van der Waals surface area contributed by atoms with E-state index in [1.807, 2.05) is 41.1 Å². The average Bonchev–Trinajstić information content (AvgIpc) is 3.32. The number of carbonyl (C=O) groups excluding carboxylic acids is 1. The fourth-order valence-corrected chi connectivity index (χ4v) is 4.72. The maximum Gasteiger partial charge on any atom is 0.305 e. The van der Waals surface area contributed by atoms with Gasteiger partial charge in [0, 0.05) is 48.8 Å². The molecule has 0 bridgehead atoms. The molecule has 1 aliphatic rings. The summed E-state index contributed by atoms with van der Waals surface area (Å²) in [6.45, 7) is 1.04. The van der Waals surface area contributed by atoms with Gasteiger partial charge in [0.15, 0.2) is 5.65 Å². The first kappa shape index (κ1) is 23.5. The second-order valence-corrected chi connectivity index (χ2v) is 8.88. The fraction of sp³-hybridized carbons (Fsp3) is 0.296. The molecule has 0 saturated carbocycles. The van der Waals surface area contributed by atoms with Crippen LogP contribution < -0.4 is 4.74 Å². The number of pyridine rings is 3. The van der Waals surface area contributed by atoms with Crippen molar-refractivity contribution in [3.8, 4) is 5.88 Å². The van der Waals surface area contributed by atoms with Crippen LogP contribution in [0.5, 0.6) is 5.88 Å². The Labute approximate surface area is 208 Å². The van der Waals surface area contributed by atoms with Crippen LogP contribution in [-0.2, 0) is 24.2 Å². The van der Waals surface area contributed by atoms with Crippen LogP contribution in [-0.4, -0.2) is 55.1 Å². The minimum Gasteiger partial charge on any atom is -0.481 e. The molecule has 0 aliphatic carbocycles. The number of rotatable bonds is 9. The highest BCUT2D eigenvalue weighted by atomic mass is 16.5. The zero-order valence-corrected chi connectivity index (χ0v) is 20.0. The minimum atomic E-state index is -0.970. The topological polar surface area (TPSA) is 110 Å². The van der Waals surface area contributed by atoms with E-state index in [1.165, 1.54) is 7.11 Å². The Balaban J connectivity index is 1.28. The van der Waals surface area contributed by atoms with Crippen LogP contribution in [0.4, 0.5) is 0 Å². The second kappa shape index (κ2) is 10.2. The first-order chi connectivity index (χ1) is 17.5. The summed E-state index contributed by atoms with van der Waals surface area (Å²) in [4.78, 5) is 39.8. The van der Waals surface area contributed by atoms with Gasteiger partial charge in [0.25, 0.3) is 5.91 Å². The molecule has 0 spiro atoms. The van der Waals surface area contributed by atoms with Crippen LogP contribution in [0.1, 0.15) is 46.2 Å². The zero-order valence-electron chi connectivity index (χ0n) is 20.0. The maximum atomic E-state index is 13.4. The van der Waals surface area contributed by atoms with Gasteiger partial charge in [-0.2, -0.15) is 0 Å². The van der Waals surface area contributed by atoms with E-state index in [1.54, 1.807) is 29.4 Å². The monoisotopic (exact) mass is 485 g/mol. The van der Waals surface area contributed by atoms with Gasteiger partial charge in [0.2, 0.25) is 5.88 Å². The largest absolute Gasteiger partial charge is 0.481 e. The Morgan fingerprint density at radius 2 is 2.03 bits per heavy atom. The molecular formula is C27H27N5O4. The number of amides is 1. The van der Waals surface area contributed by atoms with E-state index in [0.717, 1.165) is 41.6 Å². The molecule has 1 aliphatic heterocycles. The van der Waals surface area contributed by atoms with Gasteiger partial charge in [-0.1, -0.05) is 6.07 Å². The van der Waals surface area contributed by atoms with Crippen LogP contribution in [0, 0.1) is 0 Å². The minimum absolute atomic E-state index is 0.170. The van der Waals surface area contributed by atoms with E-state index in [2.05, 4.69) is 15.0 Å². The lowest BCUT2D eigenvalue weighted by atomic mass is 10.0. The van der Waals surface area contributed by atoms with Gasteiger partial charge in [-0.15, -0.1) is 0 Å². The summed E-state index contributed by atoms with van der Waals surface area (Å²) in [5.41, 5.74) is 4.09. The molecule has 0 saturated heterocycles. The van der Waals surface area contributed by atoms with Crippen molar-refractivity contribution < 1.29 is 19.4 Å². The first-order valence-electron chi connectivity index (χ1n) is 11.9. The van der Waals surface area contributed by atoms with Crippen molar-refractivity contribution >= 4 is 22.9 Å². The Kier molecular flexibility index (Phi) is 6.62. The SMILES string of the molecule is COc1ccc([C@H](CC(=O)O)N2CCn3cc(CCCc4ccc5cccnc5n4)cc3C2=O)cn1. The van der Waals surface area contributed by atoms with E-state index >= 15 is 0 Å². The van der Waals surface area contributed by atoms with Crippen LogP contribution in [0.15, 0.2) is 61.1 Å². The van der Waals surface area contributed by atoms with Gasteiger partial charge in [0.05, 0.1) is 19.6 Å². The van der Waals surface area contributed by atoms with Crippen molar-refractivity contribution in [1.29, 1.82) is 0 Å². The molecule has 5 heterocycles. The molecule has 0 unspecified atom stereocenters. The number of ether oxygens (including phenoxy) is 1. The summed E-state index contributed by atoms with van der Waals surface area (Å²) in [6.07, 6.45) is 7.69. The van der Waals surface area contributed by atoms with Gasteiger partial charge >= 0.3 is 5.97 Å². The van der Waals surface area contributed by atoms with E-state index < -0.39 is 12.0 Å². The van der Waals surface area contributed by atoms with Gasteiger partial charge in [0.1, 0.15) is 5.69 Å². The lowest BCUT2D eigenvalue weighted by Gasteiger charge is -2.34. The fourth-order valence-electron chi connectivity index (χ4n) is 4.72. The summed E-state index contributed by atoms with van der Waals surface area (Å²) in [7, 11) is 1.52. The molecule has 0 fully saturated rings. The molecule has 1 amide bonds. The third-order valence-corrected chi connectivity index (χ3v) is 6.53. The van der Waals surface area contributed by atoms with Crippen LogP contribution in [0.2, 0.25) is 0 Å². The quantitative estimate of drug-likeness (QED) is 0.385. The Morgan fingerprint density at radius 1 is 1.14 bits per heavy atom. The molecular weight excluding hydrogens is 458 g/mol. The Hall–Kier alpha value is -4.27. The third kappa shape index (κ3) is 4.91. The lowest BCUT2D eigenvalue weighted by Crippen LogP contribution is -2.43. The summed E-state index contributed by atoms with van der Waals surface area (Å²) >= 11 is 0. The molecule has 0 radical (unpaired) electrons. The van der Waals surface area contributed by atoms with E-state index in [9.17, 15) is 14.7 Å². The molecule has 9 heteroatoms. The van der Waals surface area contributed by atoms with Crippen molar-refractivity contribution in [2.45, 2.75) is 38.3 Å². The molecule has 9 nitrogen and oxygen atoms in total. The molecule has 4 aromatic rings. The highest BCUT2D eigenvalue weighted by molar-refractivity contribution is 5.94. The molecule has 0 aromatic carbocycles. The number of methoxy groups -OCH3 is 1. The maximum absolute atomic E-state index is 13.4. The van der Waals surface area contributed by atoms with E-state index in [-0.39, 0.29) is 12.3 Å². The molecule has 4 aromatic heterocycles. The predicted octanol–water partition coefficient (Wildman–Crippen LogP) is 3.68. The van der Waals surface area contributed by atoms with E-state index in [4.69, 9.17) is 4.74 Å². The van der Waals surface area contributed by atoms with Gasteiger partial charge in [-0.25, -0.2) is 15.0 Å². The van der Waals surface area contributed by atoms with Crippen molar-refractivity contribution in [2.75, 3.05) is 13.7 Å². The zero-order chi connectivity index (χ0) is 25.1. The van der Waals surface area contributed by atoms with Crippen LogP contribution in [0.3, 0.4) is 0 Å². The van der Waals surface area contributed by atoms with Gasteiger partial charge in [-0.05, 0) is 60.7 Å². The van der Waals surface area contributed by atoms with Gasteiger partial charge in [-0.3, -0.25) is 9.59 Å². The summed E-state index contributed by atoms with van der Waals surface area (Å²) < 4.78 is 7.08. The normalized spacial score (nSPS) is 14.0. The number of aryl methyl sites for hydroxylation is 2. The highest BCUT2D eigenvalue weighted by Crippen LogP contribution is 2.30. The molecule has 36 heavy (non-hydrogen) atoms. The number of nitrogens with zero attached hydrogens (tertiary/aromatic N) is 5. The second-order valence-electron chi connectivity index (χ2n) is 8.88. The number of hydrogen-bond acceptors (Lipinski definition) is 6. The number of aromatic nitrogens is 4. The molecule has 1 atom stereocenters. The number of carbonyl (C=O) groups is 2. The van der Waals surface area contributed by atoms with Crippen molar-refractivity contribution in [3.05, 3.63) is 83.6 Å². The van der Waals surface area contributed by atoms with Crippen molar-refractivity contribution in [1.82, 2.24) is 24.4 Å². The number of fused-ring (bicyclic) bond motifs is 2. The molecule has 184 valence electrons. The number of carboxylic acids is 1. The highest BCUT2D eigenvalue weighted by Gasteiger charge is 2.33. The Morgan fingerprint density at radius 3 is 2.81 bits per heavy atom. The third-order valence-electron chi connectivity index (χ3n) is 6.53.